The minimum Gasteiger partial charge on any atom is -0.506 e. The van der Waals surface area contributed by atoms with Gasteiger partial charge in [-0.2, -0.15) is 0 Å². The van der Waals surface area contributed by atoms with Crippen LogP contribution in [0.25, 0.3) is 11.0 Å². The molecule has 0 radical (unpaired) electrons. The van der Waals surface area contributed by atoms with Crippen molar-refractivity contribution in [3.63, 3.8) is 0 Å². The van der Waals surface area contributed by atoms with E-state index in [1.807, 2.05) is 12.1 Å². The molecule has 1 aromatic carbocycles. The summed E-state index contributed by atoms with van der Waals surface area (Å²) in [6, 6.07) is 5.55. The molecule has 4 rings (SSSR count). The summed E-state index contributed by atoms with van der Waals surface area (Å²) < 4.78 is 5.60. The van der Waals surface area contributed by atoms with Crippen LogP contribution in [0.2, 0.25) is 5.02 Å². The molecule has 6 heteroatoms. The van der Waals surface area contributed by atoms with Crippen molar-refractivity contribution in [3.05, 3.63) is 68.3 Å². The lowest BCUT2D eigenvalue weighted by atomic mass is 9.90. The van der Waals surface area contributed by atoms with Gasteiger partial charge in [0.2, 0.25) is 0 Å². The van der Waals surface area contributed by atoms with Crippen LogP contribution < -0.4 is 10.9 Å². The van der Waals surface area contributed by atoms with Crippen LogP contribution >= 0.6 is 11.6 Å². The van der Waals surface area contributed by atoms with E-state index in [4.69, 9.17) is 16.0 Å². The molecule has 2 aromatic heterocycles. The lowest BCUT2D eigenvalue weighted by Gasteiger charge is -2.18. The van der Waals surface area contributed by atoms with Gasteiger partial charge in [-0.25, -0.2) is 4.79 Å². The number of rotatable bonds is 4. The van der Waals surface area contributed by atoms with E-state index in [1.165, 1.54) is 0 Å². The molecule has 0 spiro atoms. The summed E-state index contributed by atoms with van der Waals surface area (Å²) in [6.45, 7) is 0.913. The Kier molecular flexibility index (Phi) is 4.66. The van der Waals surface area contributed by atoms with Crippen LogP contribution in [0.4, 0.5) is 0 Å². The molecule has 0 saturated carbocycles. The van der Waals surface area contributed by atoms with Crippen molar-refractivity contribution in [1.29, 1.82) is 0 Å². The summed E-state index contributed by atoms with van der Waals surface area (Å²) in [7, 11) is 0. The van der Waals surface area contributed by atoms with E-state index >= 15 is 0 Å². The maximum atomic E-state index is 12.4. The standard InChI is InChI=1S/C20H19ClN2O3/c21-17-8-15-13-5-1-2-6-14(13)20(25)26-19(15)16(18(17)24)11-23-10-12-4-3-7-22-9-12/h3-4,7-9,23-24H,1-2,5-6,10-11H2. The van der Waals surface area contributed by atoms with Crippen molar-refractivity contribution >= 4 is 22.6 Å². The maximum absolute atomic E-state index is 12.4. The number of pyridine rings is 1. The fraction of sp³-hybridized carbons (Fsp3) is 0.300. The molecule has 0 saturated heterocycles. The average molecular weight is 371 g/mol. The smallest absolute Gasteiger partial charge is 0.339 e. The minimum atomic E-state index is -0.303. The van der Waals surface area contributed by atoms with Crippen LogP contribution in [0.5, 0.6) is 5.75 Å². The Morgan fingerprint density at radius 2 is 2.04 bits per heavy atom. The molecule has 134 valence electrons. The lowest BCUT2D eigenvalue weighted by Crippen LogP contribution is -2.18. The molecule has 1 aliphatic carbocycles. The average Bonchev–Trinajstić information content (AvgIpc) is 2.67. The highest BCUT2D eigenvalue weighted by molar-refractivity contribution is 6.33. The molecule has 3 aromatic rings. The van der Waals surface area contributed by atoms with Crippen LogP contribution in [0.1, 0.15) is 35.1 Å². The number of phenols is 1. The maximum Gasteiger partial charge on any atom is 0.339 e. The Morgan fingerprint density at radius 1 is 1.23 bits per heavy atom. The second-order valence-corrected chi connectivity index (χ2v) is 6.99. The fourth-order valence-corrected chi connectivity index (χ4v) is 3.82. The number of aryl methyl sites for hydroxylation is 1. The summed E-state index contributed by atoms with van der Waals surface area (Å²) in [5.41, 5.74) is 3.43. The first-order valence-electron chi connectivity index (χ1n) is 8.73. The Hall–Kier alpha value is -2.37. The monoisotopic (exact) mass is 370 g/mol. The van der Waals surface area contributed by atoms with Crippen LogP contribution in [-0.2, 0) is 25.9 Å². The number of phenolic OH excluding ortho intramolecular Hbond substituents is 1. The number of aromatic nitrogens is 1. The van der Waals surface area contributed by atoms with Crippen molar-refractivity contribution < 1.29 is 9.52 Å². The second-order valence-electron chi connectivity index (χ2n) is 6.58. The normalized spacial score (nSPS) is 13.7. The van der Waals surface area contributed by atoms with Crippen LogP contribution in [0.3, 0.4) is 0 Å². The number of benzene rings is 1. The summed E-state index contributed by atoms with van der Waals surface area (Å²) in [5, 5.41) is 14.8. The molecule has 26 heavy (non-hydrogen) atoms. The highest BCUT2D eigenvalue weighted by atomic mass is 35.5. The molecule has 0 fully saturated rings. The van der Waals surface area contributed by atoms with Crippen molar-refractivity contribution in [2.24, 2.45) is 0 Å². The zero-order valence-corrected chi connectivity index (χ0v) is 15.0. The van der Waals surface area contributed by atoms with E-state index in [9.17, 15) is 9.90 Å². The molecule has 0 amide bonds. The Morgan fingerprint density at radius 3 is 2.81 bits per heavy atom. The molecule has 5 nitrogen and oxygen atoms in total. The van der Waals surface area contributed by atoms with Gasteiger partial charge in [0, 0.05) is 36.4 Å². The van der Waals surface area contributed by atoms with Crippen molar-refractivity contribution in [3.8, 4) is 5.75 Å². The first-order chi connectivity index (χ1) is 12.6. The number of aromatic hydroxyl groups is 1. The predicted molar refractivity (Wildman–Crippen MR) is 101 cm³/mol. The molecular formula is C20H19ClN2O3. The zero-order chi connectivity index (χ0) is 18.1. The number of nitrogens with one attached hydrogen (secondary N) is 1. The van der Waals surface area contributed by atoms with Crippen molar-refractivity contribution in [2.75, 3.05) is 0 Å². The van der Waals surface area contributed by atoms with Crippen LogP contribution in [0, 0.1) is 0 Å². The van der Waals surface area contributed by atoms with Gasteiger partial charge in [0.25, 0.3) is 0 Å². The largest absolute Gasteiger partial charge is 0.506 e. The predicted octanol–water partition coefficient (Wildman–Crippen LogP) is 3.72. The highest BCUT2D eigenvalue weighted by Crippen LogP contribution is 2.37. The summed E-state index contributed by atoms with van der Waals surface area (Å²) in [6.07, 6.45) is 7.10. The first-order valence-corrected chi connectivity index (χ1v) is 9.11. The molecule has 0 aliphatic heterocycles. The van der Waals surface area contributed by atoms with E-state index < -0.39 is 0 Å². The number of hydrogen-bond donors (Lipinski definition) is 2. The third-order valence-corrected chi connectivity index (χ3v) is 5.18. The van der Waals surface area contributed by atoms with Gasteiger partial charge in [0.1, 0.15) is 11.3 Å². The van der Waals surface area contributed by atoms with E-state index in [0.29, 0.717) is 24.2 Å². The SMILES string of the molecule is O=c1oc2c(CNCc3cccnc3)c(O)c(Cl)cc2c2c1CCCC2. The Balaban J connectivity index is 1.74. The summed E-state index contributed by atoms with van der Waals surface area (Å²) in [4.78, 5) is 16.5. The van der Waals surface area contributed by atoms with Crippen molar-refractivity contribution in [2.45, 2.75) is 38.8 Å². The van der Waals surface area contributed by atoms with E-state index in [1.54, 1.807) is 18.5 Å². The van der Waals surface area contributed by atoms with E-state index in [0.717, 1.165) is 47.8 Å². The van der Waals surface area contributed by atoms with Crippen molar-refractivity contribution in [1.82, 2.24) is 10.3 Å². The van der Waals surface area contributed by atoms with Gasteiger partial charge in [0.05, 0.1) is 10.6 Å². The van der Waals surface area contributed by atoms with Gasteiger partial charge in [-0.15, -0.1) is 0 Å². The van der Waals surface area contributed by atoms with Gasteiger partial charge in [-0.1, -0.05) is 17.7 Å². The third-order valence-electron chi connectivity index (χ3n) is 4.89. The molecular weight excluding hydrogens is 352 g/mol. The molecule has 2 N–H and O–H groups in total. The molecule has 0 atom stereocenters. The zero-order valence-electron chi connectivity index (χ0n) is 14.2. The van der Waals surface area contributed by atoms with Gasteiger partial charge in [0.15, 0.2) is 0 Å². The molecule has 0 unspecified atom stereocenters. The van der Waals surface area contributed by atoms with Gasteiger partial charge in [-0.05, 0) is 48.9 Å². The fourth-order valence-electron chi connectivity index (χ4n) is 3.60. The second kappa shape index (κ2) is 7.09. The molecule has 2 heterocycles. The number of fused-ring (bicyclic) bond motifs is 3. The highest BCUT2D eigenvalue weighted by Gasteiger charge is 2.22. The first kappa shape index (κ1) is 17.1. The Labute approximate surface area is 155 Å². The number of halogens is 1. The Bertz CT molecular complexity index is 1020. The number of hydrogen-bond acceptors (Lipinski definition) is 5. The lowest BCUT2D eigenvalue weighted by molar-refractivity contribution is 0.459. The third kappa shape index (κ3) is 3.08. The minimum absolute atomic E-state index is 0.0447. The van der Waals surface area contributed by atoms with E-state index in [2.05, 4.69) is 10.3 Å². The topological polar surface area (TPSA) is 75.4 Å². The number of nitrogens with zero attached hydrogens (tertiary/aromatic N) is 1. The van der Waals surface area contributed by atoms with Crippen LogP contribution in [0.15, 0.2) is 39.8 Å². The summed E-state index contributed by atoms with van der Waals surface area (Å²) in [5.74, 6) is -0.0447. The van der Waals surface area contributed by atoms with Gasteiger partial charge >= 0.3 is 5.63 Å². The quantitative estimate of drug-likeness (QED) is 0.684. The summed E-state index contributed by atoms with van der Waals surface area (Å²) >= 11 is 6.26. The molecule has 1 aliphatic rings. The van der Waals surface area contributed by atoms with Gasteiger partial charge in [-0.3, -0.25) is 4.98 Å². The van der Waals surface area contributed by atoms with Crippen LogP contribution in [-0.4, -0.2) is 10.1 Å². The van der Waals surface area contributed by atoms with Gasteiger partial charge < -0.3 is 14.8 Å². The van der Waals surface area contributed by atoms with E-state index in [-0.39, 0.29) is 16.4 Å². The molecule has 0 bridgehead atoms.